The molecule has 0 radical (unpaired) electrons. The molecule has 0 heterocycles. The van der Waals surface area contributed by atoms with Crippen LogP contribution in [-0.4, -0.2) is 25.2 Å². The summed E-state index contributed by atoms with van der Waals surface area (Å²) in [6.45, 7) is 4.86. The third-order valence-electron chi connectivity index (χ3n) is 7.89. The van der Waals surface area contributed by atoms with Crippen molar-refractivity contribution in [3.63, 3.8) is 0 Å². The van der Waals surface area contributed by atoms with Crippen LogP contribution in [0.2, 0.25) is 0 Å². The van der Waals surface area contributed by atoms with Crippen LogP contribution in [0.4, 0.5) is 0 Å². The van der Waals surface area contributed by atoms with Gasteiger partial charge in [0.2, 0.25) is 0 Å². The van der Waals surface area contributed by atoms with Crippen LogP contribution in [0, 0.1) is 0 Å². The maximum atomic E-state index is 11.9. The van der Waals surface area contributed by atoms with Crippen molar-refractivity contribution in [3.05, 3.63) is 24.3 Å². The largest absolute Gasteiger partial charge is 0.462 e. The molecule has 0 rings (SSSR count). The average molecular weight is 591 g/mol. The second-order valence-electron chi connectivity index (χ2n) is 12.1. The fourth-order valence-corrected chi connectivity index (χ4v) is 5.14. The number of rotatable bonds is 33. The summed E-state index contributed by atoms with van der Waals surface area (Å²) < 4.78 is 10.4. The van der Waals surface area contributed by atoms with Crippen molar-refractivity contribution >= 4 is 11.9 Å². The van der Waals surface area contributed by atoms with Crippen LogP contribution in [0.15, 0.2) is 24.3 Å². The molecule has 0 saturated carbocycles. The Morgan fingerprint density at radius 3 is 0.952 bits per heavy atom. The second kappa shape index (κ2) is 35.6. The average Bonchev–Trinajstić information content (AvgIpc) is 2.99. The lowest BCUT2D eigenvalue weighted by Crippen LogP contribution is -2.13. The maximum Gasteiger partial charge on any atom is 0.305 e. The molecule has 0 saturated heterocycles. The molecule has 4 nitrogen and oxygen atoms in total. The molecule has 42 heavy (non-hydrogen) atoms. The lowest BCUT2D eigenvalue weighted by atomic mass is 10.1. The Bertz CT molecular complexity index is 571. The van der Waals surface area contributed by atoms with E-state index in [0.29, 0.717) is 12.8 Å². The molecule has 0 aliphatic carbocycles. The number of hydrogen-bond donors (Lipinski definition) is 0. The molecular formula is C38H70O4. The Morgan fingerprint density at radius 1 is 0.381 bits per heavy atom. The van der Waals surface area contributed by atoms with E-state index in [0.717, 1.165) is 25.7 Å². The summed E-state index contributed by atoms with van der Waals surface area (Å²) >= 11 is 0. The summed E-state index contributed by atoms with van der Waals surface area (Å²) in [4.78, 5) is 23.8. The van der Waals surface area contributed by atoms with Gasteiger partial charge in [-0.15, -0.1) is 0 Å². The van der Waals surface area contributed by atoms with Crippen LogP contribution in [0.3, 0.4) is 0 Å². The quantitative estimate of drug-likeness (QED) is 0.0433. The lowest BCUT2D eigenvalue weighted by Gasteiger charge is -2.07. The number of unbranched alkanes of at least 4 members (excludes halogenated alkanes) is 22. The van der Waals surface area contributed by atoms with Gasteiger partial charge in [0.15, 0.2) is 0 Å². The van der Waals surface area contributed by atoms with E-state index in [1.807, 2.05) is 0 Å². The molecular weight excluding hydrogens is 520 g/mol. The van der Waals surface area contributed by atoms with Crippen molar-refractivity contribution in [3.8, 4) is 0 Å². The monoisotopic (exact) mass is 591 g/mol. The van der Waals surface area contributed by atoms with E-state index in [2.05, 4.69) is 38.2 Å². The molecule has 0 aliphatic heterocycles. The highest BCUT2D eigenvalue weighted by molar-refractivity contribution is 5.70. The summed E-state index contributed by atoms with van der Waals surface area (Å²) in [5.74, 6) is -0.350. The van der Waals surface area contributed by atoms with Gasteiger partial charge in [0, 0.05) is 12.8 Å². The summed E-state index contributed by atoms with van der Waals surface area (Å²) in [5, 5.41) is 0. The summed E-state index contributed by atoms with van der Waals surface area (Å²) in [7, 11) is 0. The van der Waals surface area contributed by atoms with Gasteiger partial charge >= 0.3 is 11.9 Å². The Balaban J connectivity index is 3.32. The number of carbonyl (C=O) groups is 2. The van der Waals surface area contributed by atoms with Crippen molar-refractivity contribution in [1.29, 1.82) is 0 Å². The fourth-order valence-electron chi connectivity index (χ4n) is 5.14. The van der Waals surface area contributed by atoms with Crippen LogP contribution in [0.5, 0.6) is 0 Å². The fraction of sp³-hybridized carbons (Fsp3) is 0.842. The molecule has 0 aromatic rings. The van der Waals surface area contributed by atoms with E-state index < -0.39 is 0 Å². The molecule has 0 amide bonds. The Labute approximate surface area is 261 Å². The van der Waals surface area contributed by atoms with Crippen LogP contribution >= 0.6 is 0 Å². The van der Waals surface area contributed by atoms with Crippen LogP contribution < -0.4 is 0 Å². The Morgan fingerprint density at radius 2 is 0.643 bits per heavy atom. The van der Waals surface area contributed by atoms with Crippen LogP contribution in [0.1, 0.15) is 194 Å². The van der Waals surface area contributed by atoms with Gasteiger partial charge in [-0.25, -0.2) is 0 Å². The summed E-state index contributed by atoms with van der Waals surface area (Å²) in [6.07, 6.45) is 42.6. The smallest absolute Gasteiger partial charge is 0.305 e. The molecule has 0 atom stereocenters. The first-order valence-electron chi connectivity index (χ1n) is 18.3. The van der Waals surface area contributed by atoms with E-state index >= 15 is 0 Å². The Hall–Kier alpha value is -1.58. The molecule has 0 spiro atoms. The van der Waals surface area contributed by atoms with Crippen molar-refractivity contribution in [2.45, 2.75) is 194 Å². The zero-order valence-electron chi connectivity index (χ0n) is 28.2. The number of carbonyl (C=O) groups excluding carboxylic acids is 2. The minimum absolute atomic E-state index is 0.172. The number of esters is 2. The zero-order chi connectivity index (χ0) is 30.6. The van der Waals surface area contributed by atoms with Crippen molar-refractivity contribution in [1.82, 2.24) is 0 Å². The van der Waals surface area contributed by atoms with E-state index in [9.17, 15) is 9.59 Å². The van der Waals surface area contributed by atoms with Gasteiger partial charge in [0.05, 0.1) is 0 Å². The van der Waals surface area contributed by atoms with Gasteiger partial charge in [-0.2, -0.15) is 0 Å². The first-order chi connectivity index (χ1) is 20.7. The SMILES string of the molecule is CCCCCC/C=C/CCCCCCCCCC(=O)OCCOC(=O)CCCCCCCCC/C=C/CCCCCC. The molecule has 4 heteroatoms. The first-order valence-corrected chi connectivity index (χ1v) is 18.3. The third-order valence-corrected chi connectivity index (χ3v) is 7.89. The van der Waals surface area contributed by atoms with E-state index in [4.69, 9.17) is 9.47 Å². The molecule has 0 aromatic heterocycles. The highest BCUT2D eigenvalue weighted by Gasteiger charge is 2.06. The van der Waals surface area contributed by atoms with Gasteiger partial charge < -0.3 is 9.47 Å². The number of ether oxygens (including phenoxy) is 2. The highest BCUT2D eigenvalue weighted by atomic mass is 16.6. The van der Waals surface area contributed by atoms with Gasteiger partial charge in [-0.1, -0.05) is 141 Å². The normalized spacial score (nSPS) is 11.6. The zero-order valence-corrected chi connectivity index (χ0v) is 28.2. The standard InChI is InChI=1S/C38H70O4/c1-3-5-7-9-11-13-15-17-19-21-23-25-27-29-31-33-37(39)41-35-36-42-38(40)34-32-30-28-26-24-22-20-18-16-14-12-10-8-6-4-2/h13-16H,3-12,17-36H2,1-2H3/b15-13+,16-14+. The Kier molecular flexibility index (Phi) is 34.3. The summed E-state index contributed by atoms with van der Waals surface area (Å²) in [6, 6.07) is 0. The van der Waals surface area contributed by atoms with Gasteiger partial charge in [-0.05, 0) is 64.2 Å². The number of hydrogen-bond acceptors (Lipinski definition) is 4. The van der Waals surface area contributed by atoms with Crippen LogP contribution in [-0.2, 0) is 19.1 Å². The van der Waals surface area contributed by atoms with Crippen molar-refractivity contribution in [2.24, 2.45) is 0 Å². The molecule has 0 aliphatic rings. The minimum Gasteiger partial charge on any atom is -0.462 e. The lowest BCUT2D eigenvalue weighted by molar-refractivity contribution is -0.152. The van der Waals surface area contributed by atoms with E-state index in [1.165, 1.54) is 141 Å². The van der Waals surface area contributed by atoms with Crippen LogP contribution in [0.25, 0.3) is 0 Å². The van der Waals surface area contributed by atoms with E-state index in [1.54, 1.807) is 0 Å². The van der Waals surface area contributed by atoms with Gasteiger partial charge in [0.25, 0.3) is 0 Å². The van der Waals surface area contributed by atoms with Gasteiger partial charge in [0.1, 0.15) is 13.2 Å². The second-order valence-corrected chi connectivity index (χ2v) is 12.1. The molecule has 0 unspecified atom stereocenters. The predicted octanol–water partition coefficient (Wildman–Crippen LogP) is 12.1. The first kappa shape index (κ1) is 40.4. The molecule has 0 fully saturated rings. The molecule has 0 bridgehead atoms. The summed E-state index contributed by atoms with van der Waals surface area (Å²) in [5.41, 5.74) is 0. The predicted molar refractivity (Wildman–Crippen MR) is 181 cm³/mol. The maximum absolute atomic E-state index is 11.9. The van der Waals surface area contributed by atoms with Gasteiger partial charge in [-0.3, -0.25) is 9.59 Å². The van der Waals surface area contributed by atoms with Crippen molar-refractivity contribution in [2.75, 3.05) is 13.2 Å². The molecule has 0 aromatic carbocycles. The number of allylic oxidation sites excluding steroid dienone is 4. The third kappa shape index (κ3) is 34.6. The molecule has 0 N–H and O–H groups in total. The van der Waals surface area contributed by atoms with E-state index in [-0.39, 0.29) is 25.2 Å². The van der Waals surface area contributed by atoms with Crippen molar-refractivity contribution < 1.29 is 19.1 Å². The molecule has 246 valence electrons. The highest BCUT2D eigenvalue weighted by Crippen LogP contribution is 2.12. The topological polar surface area (TPSA) is 52.6 Å². The minimum atomic E-state index is -0.175.